The topological polar surface area (TPSA) is 38.9 Å². The predicted octanol–water partition coefficient (Wildman–Crippen LogP) is 3.32. The average Bonchev–Trinajstić information content (AvgIpc) is 2.62. The zero-order chi connectivity index (χ0) is 10.7. The highest BCUT2D eigenvalue weighted by atomic mass is 35.5. The second kappa shape index (κ2) is 4.68. The van der Waals surface area contributed by atoms with Gasteiger partial charge in [-0.3, -0.25) is 0 Å². The van der Waals surface area contributed by atoms with Gasteiger partial charge in [0.15, 0.2) is 5.82 Å². The van der Waals surface area contributed by atoms with E-state index in [1.165, 1.54) is 10.5 Å². The largest absolute Gasteiger partial charge is 0.321 e. The fourth-order valence-electron chi connectivity index (χ4n) is 1.14. The number of aromatic nitrogens is 2. The van der Waals surface area contributed by atoms with Crippen molar-refractivity contribution in [1.29, 1.82) is 0 Å². The minimum Gasteiger partial charge on any atom is -0.321 e. The van der Waals surface area contributed by atoms with Crippen molar-refractivity contribution in [3.8, 4) is 0 Å². The highest BCUT2D eigenvalue weighted by Gasteiger charge is 2.03. The molecule has 15 heavy (non-hydrogen) atoms. The van der Waals surface area contributed by atoms with Gasteiger partial charge >= 0.3 is 5.35 Å². The van der Waals surface area contributed by atoms with E-state index in [2.05, 4.69) is 39.8 Å². The van der Waals surface area contributed by atoms with E-state index >= 15 is 0 Å². The van der Waals surface area contributed by atoms with Crippen LogP contribution in [0.1, 0.15) is 11.4 Å². The fourth-order valence-corrected chi connectivity index (χ4v) is 2.13. The summed E-state index contributed by atoms with van der Waals surface area (Å²) in [4.78, 5) is 5.11. The molecule has 1 heterocycles. The quantitative estimate of drug-likeness (QED) is 0.772. The van der Waals surface area contributed by atoms with Crippen molar-refractivity contribution < 1.29 is 4.52 Å². The molecule has 78 valence electrons. The molecule has 2 rings (SSSR count). The monoisotopic (exact) mass is 240 g/mol. The first kappa shape index (κ1) is 10.5. The zero-order valence-electron chi connectivity index (χ0n) is 8.11. The first-order valence-electron chi connectivity index (χ1n) is 4.41. The third-order valence-electron chi connectivity index (χ3n) is 1.80. The van der Waals surface area contributed by atoms with Crippen LogP contribution in [0.3, 0.4) is 0 Å². The highest BCUT2D eigenvalue weighted by Crippen LogP contribution is 2.22. The molecule has 0 N–H and O–H groups in total. The highest BCUT2D eigenvalue weighted by molar-refractivity contribution is 7.98. The third-order valence-corrected chi connectivity index (χ3v) is 2.94. The number of hydrogen-bond acceptors (Lipinski definition) is 4. The van der Waals surface area contributed by atoms with Gasteiger partial charge in [-0.05, 0) is 30.7 Å². The normalized spacial score (nSPS) is 10.5. The summed E-state index contributed by atoms with van der Waals surface area (Å²) < 4.78 is 4.67. The van der Waals surface area contributed by atoms with Gasteiger partial charge in [0.25, 0.3) is 0 Å². The van der Waals surface area contributed by atoms with E-state index in [0.717, 1.165) is 0 Å². The summed E-state index contributed by atoms with van der Waals surface area (Å²) in [6, 6.07) is 8.27. The number of nitrogens with zero attached hydrogens (tertiary/aromatic N) is 2. The Morgan fingerprint density at radius 2 is 2.33 bits per heavy atom. The number of hydrogen-bond donors (Lipinski definition) is 0. The predicted molar refractivity (Wildman–Crippen MR) is 60.0 cm³/mol. The molecular formula is C10H9ClN2OS. The van der Waals surface area contributed by atoms with Crippen LogP contribution in [-0.4, -0.2) is 10.1 Å². The van der Waals surface area contributed by atoms with Gasteiger partial charge in [-0.2, -0.15) is 4.98 Å². The van der Waals surface area contributed by atoms with Gasteiger partial charge in [-0.1, -0.05) is 22.9 Å². The van der Waals surface area contributed by atoms with E-state index in [-0.39, 0.29) is 5.35 Å². The van der Waals surface area contributed by atoms with Crippen molar-refractivity contribution in [1.82, 2.24) is 10.1 Å². The van der Waals surface area contributed by atoms with Gasteiger partial charge < -0.3 is 4.52 Å². The zero-order valence-corrected chi connectivity index (χ0v) is 9.68. The van der Waals surface area contributed by atoms with Crippen molar-refractivity contribution in [2.75, 3.05) is 0 Å². The van der Waals surface area contributed by atoms with Gasteiger partial charge in [-0.25, -0.2) is 0 Å². The molecule has 0 aliphatic rings. The molecule has 0 saturated carbocycles. The average molecular weight is 241 g/mol. The summed E-state index contributed by atoms with van der Waals surface area (Å²) in [5, 5.41) is 3.81. The summed E-state index contributed by atoms with van der Waals surface area (Å²) >= 11 is 7.18. The lowest BCUT2D eigenvalue weighted by molar-refractivity contribution is 0.414. The molecule has 0 amide bonds. The summed E-state index contributed by atoms with van der Waals surface area (Å²) in [6.07, 6.45) is 0. The molecule has 0 unspecified atom stereocenters. The van der Waals surface area contributed by atoms with Crippen LogP contribution < -0.4 is 0 Å². The molecule has 3 nitrogen and oxygen atoms in total. The molecule has 1 aromatic heterocycles. The van der Waals surface area contributed by atoms with Crippen LogP contribution in [0.4, 0.5) is 0 Å². The number of benzene rings is 1. The van der Waals surface area contributed by atoms with Crippen molar-refractivity contribution in [2.45, 2.75) is 17.6 Å². The van der Waals surface area contributed by atoms with Gasteiger partial charge in [0.2, 0.25) is 0 Å². The number of thioether (sulfide) groups is 1. The smallest absolute Gasteiger partial charge is 0.320 e. The molecule has 2 aromatic rings. The Bertz CT molecular complexity index is 458. The second-order valence-electron chi connectivity index (χ2n) is 3.07. The Balaban J connectivity index is 1.99. The Kier molecular flexibility index (Phi) is 3.28. The summed E-state index contributed by atoms with van der Waals surface area (Å²) in [6.45, 7) is 2.06. The molecule has 0 radical (unpaired) electrons. The Morgan fingerprint density at radius 1 is 1.47 bits per heavy atom. The van der Waals surface area contributed by atoms with Crippen LogP contribution in [0.15, 0.2) is 33.7 Å². The van der Waals surface area contributed by atoms with Crippen LogP contribution in [0, 0.1) is 6.92 Å². The van der Waals surface area contributed by atoms with Crippen molar-refractivity contribution >= 4 is 23.4 Å². The lowest BCUT2D eigenvalue weighted by atomic mass is 10.2. The summed E-state index contributed by atoms with van der Waals surface area (Å²) in [5.41, 5.74) is 1.24. The number of aryl methyl sites for hydroxylation is 1. The van der Waals surface area contributed by atoms with Gasteiger partial charge in [0.05, 0.1) is 5.75 Å². The van der Waals surface area contributed by atoms with E-state index in [1.54, 1.807) is 11.8 Å². The van der Waals surface area contributed by atoms with Crippen LogP contribution in [0.2, 0.25) is 5.35 Å². The van der Waals surface area contributed by atoms with Crippen LogP contribution >= 0.6 is 23.4 Å². The van der Waals surface area contributed by atoms with Gasteiger partial charge in [-0.15, -0.1) is 11.8 Å². The lowest BCUT2D eigenvalue weighted by Crippen LogP contribution is -1.83. The Hall–Kier alpha value is -1.00. The maximum Gasteiger partial charge on any atom is 0.320 e. The first-order valence-corrected chi connectivity index (χ1v) is 5.78. The van der Waals surface area contributed by atoms with Gasteiger partial charge in [0, 0.05) is 4.90 Å². The molecule has 1 aromatic carbocycles. The fraction of sp³-hybridized carbons (Fsp3) is 0.200. The molecule has 0 aliphatic heterocycles. The van der Waals surface area contributed by atoms with E-state index in [9.17, 15) is 0 Å². The Morgan fingerprint density at radius 3 is 3.00 bits per heavy atom. The molecule has 0 aliphatic carbocycles. The second-order valence-corrected chi connectivity index (χ2v) is 4.44. The standard InChI is InChI=1S/C10H9ClN2OS/c1-7-3-2-4-8(5-7)15-6-9-12-10(11)14-13-9/h2-5H,6H2,1H3. The molecular weight excluding hydrogens is 232 g/mol. The van der Waals surface area contributed by atoms with Crippen LogP contribution in [0.25, 0.3) is 0 Å². The van der Waals surface area contributed by atoms with E-state index in [1.807, 2.05) is 6.07 Å². The minimum atomic E-state index is 0.0924. The first-order chi connectivity index (χ1) is 7.24. The molecule has 0 bridgehead atoms. The number of rotatable bonds is 3. The van der Waals surface area contributed by atoms with Crippen LogP contribution in [0.5, 0.6) is 0 Å². The van der Waals surface area contributed by atoms with E-state index < -0.39 is 0 Å². The molecule has 0 spiro atoms. The maximum absolute atomic E-state index is 5.52. The molecule has 0 saturated heterocycles. The maximum atomic E-state index is 5.52. The molecule has 0 fully saturated rings. The van der Waals surface area contributed by atoms with Crippen molar-refractivity contribution in [2.24, 2.45) is 0 Å². The van der Waals surface area contributed by atoms with Crippen LogP contribution in [-0.2, 0) is 5.75 Å². The Labute approximate surface area is 96.8 Å². The van der Waals surface area contributed by atoms with Crippen molar-refractivity contribution in [3.63, 3.8) is 0 Å². The SMILES string of the molecule is Cc1cccc(SCc2noc(Cl)n2)c1. The lowest BCUT2D eigenvalue weighted by Gasteiger charge is -1.99. The van der Waals surface area contributed by atoms with Gasteiger partial charge in [0.1, 0.15) is 0 Å². The van der Waals surface area contributed by atoms with Crippen molar-refractivity contribution in [3.05, 3.63) is 41.0 Å². The van der Waals surface area contributed by atoms with E-state index in [0.29, 0.717) is 11.6 Å². The number of halogens is 1. The summed E-state index contributed by atoms with van der Waals surface area (Å²) in [5.74, 6) is 1.28. The molecule has 0 atom stereocenters. The molecule has 5 heteroatoms. The summed E-state index contributed by atoms with van der Waals surface area (Å²) in [7, 11) is 0. The third kappa shape index (κ3) is 2.97. The minimum absolute atomic E-state index is 0.0924. The van der Waals surface area contributed by atoms with E-state index in [4.69, 9.17) is 11.6 Å².